The normalized spacial score (nSPS) is 21.5. The summed E-state index contributed by atoms with van der Waals surface area (Å²) in [7, 11) is 0. The predicted molar refractivity (Wildman–Crippen MR) is 54.1 cm³/mol. The molecule has 0 radical (unpaired) electrons. The minimum Gasteiger partial charge on any atom is -0.324 e. The lowest BCUT2D eigenvalue weighted by molar-refractivity contribution is 0.498. The Hall–Kier alpha value is -0.610. The van der Waals surface area contributed by atoms with Crippen LogP contribution in [0.4, 0.5) is 8.78 Å². The summed E-state index contributed by atoms with van der Waals surface area (Å²) in [6, 6.07) is 2.60. The van der Waals surface area contributed by atoms with Crippen LogP contribution in [-0.2, 0) is 5.75 Å². The van der Waals surface area contributed by atoms with Crippen molar-refractivity contribution in [1.29, 1.82) is 0 Å². The van der Waals surface area contributed by atoms with Crippen molar-refractivity contribution in [2.24, 2.45) is 5.73 Å². The monoisotopic (exact) mass is 215 g/mol. The van der Waals surface area contributed by atoms with Gasteiger partial charge in [-0.15, -0.1) is 0 Å². The van der Waals surface area contributed by atoms with Gasteiger partial charge in [0.15, 0.2) is 11.6 Å². The Bertz CT molecular complexity index is 354. The molecule has 1 aromatic carbocycles. The molecular weight excluding hydrogens is 204 g/mol. The van der Waals surface area contributed by atoms with Crippen molar-refractivity contribution in [2.75, 3.05) is 5.75 Å². The zero-order chi connectivity index (χ0) is 10.1. The van der Waals surface area contributed by atoms with E-state index in [0.29, 0.717) is 11.3 Å². The first-order chi connectivity index (χ1) is 6.70. The van der Waals surface area contributed by atoms with Gasteiger partial charge in [0.25, 0.3) is 0 Å². The van der Waals surface area contributed by atoms with Gasteiger partial charge < -0.3 is 5.73 Å². The Morgan fingerprint density at radius 2 is 2.14 bits per heavy atom. The molecule has 2 rings (SSSR count). The Kier molecular flexibility index (Phi) is 2.74. The fraction of sp³-hybridized carbons (Fsp3) is 0.400. The number of fused-ring (bicyclic) bond motifs is 1. The highest BCUT2D eigenvalue weighted by atomic mass is 32.2. The Morgan fingerprint density at radius 3 is 2.93 bits per heavy atom. The summed E-state index contributed by atoms with van der Waals surface area (Å²) in [6.07, 6.45) is 0.822. The van der Waals surface area contributed by atoms with Crippen molar-refractivity contribution in [2.45, 2.75) is 18.2 Å². The summed E-state index contributed by atoms with van der Waals surface area (Å²) >= 11 is 1.60. The maximum atomic E-state index is 13.4. The summed E-state index contributed by atoms with van der Waals surface area (Å²) in [5, 5.41) is 0. The van der Waals surface area contributed by atoms with Gasteiger partial charge in [-0.1, -0.05) is 6.07 Å². The largest absolute Gasteiger partial charge is 0.324 e. The molecule has 0 aromatic heterocycles. The molecule has 0 unspecified atom stereocenters. The standard InChI is InChI=1S/C10H11F2NS/c11-8-2-1-6-7(10(8)12)5-14-4-3-9(6)13/h1-2,9H,3-5,13H2/t9-/m1/s1. The third-order valence-corrected chi connectivity index (χ3v) is 3.47. The van der Waals surface area contributed by atoms with Crippen LogP contribution in [0.15, 0.2) is 12.1 Å². The van der Waals surface area contributed by atoms with Gasteiger partial charge in [-0.25, -0.2) is 8.78 Å². The summed E-state index contributed by atoms with van der Waals surface area (Å²) < 4.78 is 26.3. The van der Waals surface area contributed by atoms with Crippen LogP contribution < -0.4 is 5.73 Å². The highest BCUT2D eigenvalue weighted by Crippen LogP contribution is 2.31. The zero-order valence-electron chi connectivity index (χ0n) is 7.59. The second-order valence-corrected chi connectivity index (χ2v) is 4.48. The van der Waals surface area contributed by atoms with Gasteiger partial charge in [-0.05, 0) is 23.8 Å². The number of nitrogens with two attached hydrogens (primary N) is 1. The molecule has 76 valence electrons. The first kappa shape index (κ1) is 9.93. The lowest BCUT2D eigenvalue weighted by Gasteiger charge is -2.12. The molecule has 0 aliphatic carbocycles. The maximum Gasteiger partial charge on any atom is 0.163 e. The van der Waals surface area contributed by atoms with Crippen LogP contribution in [0.2, 0.25) is 0 Å². The first-order valence-electron chi connectivity index (χ1n) is 4.50. The smallest absolute Gasteiger partial charge is 0.163 e. The van der Waals surface area contributed by atoms with Crippen LogP contribution in [0.25, 0.3) is 0 Å². The third-order valence-electron chi connectivity index (χ3n) is 2.45. The SMILES string of the molecule is N[C@@H]1CCSCc2c1ccc(F)c2F. The van der Waals surface area contributed by atoms with E-state index in [1.165, 1.54) is 0 Å². The lowest BCUT2D eigenvalue weighted by atomic mass is 9.99. The zero-order valence-corrected chi connectivity index (χ0v) is 8.41. The Labute approximate surface area is 85.7 Å². The molecule has 0 amide bonds. The van der Waals surface area contributed by atoms with Crippen molar-refractivity contribution in [3.05, 3.63) is 34.9 Å². The van der Waals surface area contributed by atoms with Gasteiger partial charge in [-0.2, -0.15) is 11.8 Å². The van der Waals surface area contributed by atoms with E-state index < -0.39 is 11.6 Å². The van der Waals surface area contributed by atoms with E-state index >= 15 is 0 Å². The molecule has 0 saturated heterocycles. The topological polar surface area (TPSA) is 26.0 Å². The van der Waals surface area contributed by atoms with Crippen LogP contribution in [0.5, 0.6) is 0 Å². The number of halogens is 2. The highest BCUT2D eigenvalue weighted by Gasteiger charge is 2.20. The molecule has 4 heteroatoms. The van der Waals surface area contributed by atoms with Crippen LogP contribution in [0.3, 0.4) is 0 Å². The van der Waals surface area contributed by atoms with Crippen LogP contribution >= 0.6 is 11.8 Å². The maximum absolute atomic E-state index is 13.4. The number of benzene rings is 1. The minimum absolute atomic E-state index is 0.157. The van der Waals surface area contributed by atoms with Crippen molar-refractivity contribution < 1.29 is 8.78 Å². The number of hydrogen-bond acceptors (Lipinski definition) is 2. The molecule has 1 aliphatic rings. The second-order valence-electron chi connectivity index (χ2n) is 3.38. The molecule has 0 saturated carbocycles. The van der Waals surface area contributed by atoms with Gasteiger partial charge in [-0.3, -0.25) is 0 Å². The van der Waals surface area contributed by atoms with E-state index in [0.717, 1.165) is 23.8 Å². The van der Waals surface area contributed by atoms with Gasteiger partial charge in [0.05, 0.1) is 0 Å². The molecular formula is C10H11F2NS. The summed E-state index contributed by atoms with van der Waals surface area (Å²) in [6.45, 7) is 0. The minimum atomic E-state index is -0.779. The summed E-state index contributed by atoms with van der Waals surface area (Å²) in [5.74, 6) is -0.0883. The molecule has 1 aromatic rings. The van der Waals surface area contributed by atoms with Gasteiger partial charge in [0.2, 0.25) is 0 Å². The number of thioether (sulfide) groups is 1. The van der Waals surface area contributed by atoms with Crippen LogP contribution in [-0.4, -0.2) is 5.75 Å². The van der Waals surface area contributed by atoms with Crippen LogP contribution in [0, 0.1) is 11.6 Å². The fourth-order valence-corrected chi connectivity index (χ4v) is 2.70. The molecule has 0 bridgehead atoms. The van der Waals surface area contributed by atoms with E-state index in [9.17, 15) is 8.78 Å². The van der Waals surface area contributed by atoms with Gasteiger partial charge in [0.1, 0.15) is 0 Å². The van der Waals surface area contributed by atoms with Gasteiger partial charge >= 0.3 is 0 Å². The molecule has 0 fully saturated rings. The fourth-order valence-electron chi connectivity index (χ4n) is 1.64. The van der Waals surface area contributed by atoms with E-state index in [2.05, 4.69) is 0 Å². The quantitative estimate of drug-likeness (QED) is 0.720. The Morgan fingerprint density at radius 1 is 1.36 bits per heavy atom. The number of rotatable bonds is 0. The third kappa shape index (κ3) is 1.64. The van der Waals surface area contributed by atoms with E-state index in [4.69, 9.17) is 5.73 Å². The first-order valence-corrected chi connectivity index (χ1v) is 5.65. The summed E-state index contributed by atoms with van der Waals surface area (Å²) in [4.78, 5) is 0. The van der Waals surface area contributed by atoms with E-state index in [-0.39, 0.29) is 6.04 Å². The van der Waals surface area contributed by atoms with E-state index in [1.54, 1.807) is 17.8 Å². The molecule has 14 heavy (non-hydrogen) atoms. The molecule has 0 spiro atoms. The molecule has 1 nitrogen and oxygen atoms in total. The van der Waals surface area contributed by atoms with Crippen molar-refractivity contribution in [3.63, 3.8) is 0 Å². The molecule has 1 atom stereocenters. The average Bonchev–Trinajstić information content (AvgIpc) is 2.35. The second kappa shape index (κ2) is 3.87. The Balaban J connectivity index is 2.53. The average molecular weight is 215 g/mol. The molecule has 1 heterocycles. The molecule has 2 N–H and O–H groups in total. The van der Waals surface area contributed by atoms with Crippen molar-refractivity contribution >= 4 is 11.8 Å². The molecule has 1 aliphatic heterocycles. The van der Waals surface area contributed by atoms with Crippen LogP contribution in [0.1, 0.15) is 23.6 Å². The number of hydrogen-bond donors (Lipinski definition) is 1. The highest BCUT2D eigenvalue weighted by molar-refractivity contribution is 7.98. The predicted octanol–water partition coefficient (Wildman–Crippen LogP) is 2.60. The van der Waals surface area contributed by atoms with Crippen molar-refractivity contribution in [1.82, 2.24) is 0 Å². The van der Waals surface area contributed by atoms with Gasteiger partial charge in [0, 0.05) is 17.4 Å². The lowest BCUT2D eigenvalue weighted by Crippen LogP contribution is -2.12. The van der Waals surface area contributed by atoms with E-state index in [1.807, 2.05) is 0 Å². The van der Waals surface area contributed by atoms with Crippen molar-refractivity contribution in [3.8, 4) is 0 Å². The summed E-state index contributed by atoms with van der Waals surface area (Å²) in [5.41, 5.74) is 7.07.